The van der Waals surface area contributed by atoms with Crippen molar-refractivity contribution in [3.63, 3.8) is 0 Å². The lowest BCUT2D eigenvalue weighted by Gasteiger charge is -2.37. The van der Waals surface area contributed by atoms with Crippen LogP contribution in [0.4, 0.5) is 19.0 Å². The van der Waals surface area contributed by atoms with Crippen molar-refractivity contribution in [1.29, 1.82) is 0 Å². The Morgan fingerprint density at radius 1 is 1.12 bits per heavy atom. The van der Waals surface area contributed by atoms with Crippen LogP contribution in [0.5, 0.6) is 11.8 Å². The third-order valence-electron chi connectivity index (χ3n) is 9.97. The molecular formula is C31H34F3N5O3. The van der Waals surface area contributed by atoms with Crippen LogP contribution >= 0.6 is 0 Å². The first-order chi connectivity index (χ1) is 20.3. The fourth-order valence-corrected chi connectivity index (χ4v) is 8.04. The molecule has 2 N–H and O–H groups in total. The van der Waals surface area contributed by atoms with Gasteiger partial charge in [0.25, 0.3) is 0 Å². The topological polar surface area (TPSA) is 83.0 Å². The van der Waals surface area contributed by atoms with Crippen molar-refractivity contribution in [2.24, 2.45) is 0 Å². The van der Waals surface area contributed by atoms with E-state index in [4.69, 9.17) is 19.4 Å². The molecule has 0 radical (unpaired) electrons. The molecule has 11 heteroatoms. The molecule has 0 amide bonds. The molecule has 222 valence electrons. The van der Waals surface area contributed by atoms with Crippen LogP contribution in [0.1, 0.15) is 55.0 Å². The normalized spacial score (nSPS) is 30.6. The Labute approximate surface area is 241 Å². The maximum absolute atomic E-state index is 15.1. The molecule has 4 saturated heterocycles. The monoisotopic (exact) mass is 581 g/mol. The van der Waals surface area contributed by atoms with E-state index in [2.05, 4.69) is 15.1 Å². The molecule has 5 aliphatic rings. The highest BCUT2D eigenvalue weighted by Crippen LogP contribution is 2.42. The summed E-state index contributed by atoms with van der Waals surface area (Å²) in [5.41, 5.74) is 1.62. The maximum Gasteiger partial charge on any atom is 0.318 e. The number of hydrogen-bond acceptors (Lipinski definition) is 8. The Bertz CT molecular complexity index is 1550. The molecule has 3 aromatic rings. The molecule has 6 heterocycles. The summed E-state index contributed by atoms with van der Waals surface area (Å²) in [4.78, 5) is 14.2. The van der Waals surface area contributed by atoms with E-state index in [-0.39, 0.29) is 35.7 Å². The standard InChI is InChI=1S/C31H34F3N5O3/c32-18-11-31(6-1-7-39(31)12-18)16-42-30-36-25-10-26(22-9-21(40)8-17-2-5-24(33)28(34)27(17)22)41-15-23(25)29(37-30)38-13-19-3-4-20(14-38)35-19/h2,5,8-9,18-20,26,35,40H,1,3-4,6-7,10-16H2/t18-,19?,20?,26+,31+/m1/s1. The molecule has 2 bridgehead atoms. The minimum Gasteiger partial charge on any atom is -0.508 e. The molecule has 1 aromatic heterocycles. The highest BCUT2D eigenvalue weighted by atomic mass is 19.2. The lowest BCUT2D eigenvalue weighted by atomic mass is 9.93. The summed E-state index contributed by atoms with van der Waals surface area (Å²) in [6, 6.07) is 6.39. The number of piperazine rings is 1. The van der Waals surface area contributed by atoms with Crippen molar-refractivity contribution in [1.82, 2.24) is 20.2 Å². The molecule has 5 aliphatic heterocycles. The summed E-state index contributed by atoms with van der Waals surface area (Å²) in [7, 11) is 0. The van der Waals surface area contributed by atoms with Gasteiger partial charge in [0.2, 0.25) is 0 Å². The van der Waals surface area contributed by atoms with Gasteiger partial charge in [0.05, 0.1) is 23.9 Å². The molecule has 4 fully saturated rings. The number of benzene rings is 2. The number of anilines is 1. The number of nitrogens with zero attached hydrogens (tertiary/aromatic N) is 4. The Morgan fingerprint density at radius 3 is 2.79 bits per heavy atom. The van der Waals surface area contributed by atoms with Gasteiger partial charge in [-0.05, 0) is 61.4 Å². The van der Waals surface area contributed by atoms with E-state index in [1.807, 2.05) is 0 Å². The smallest absolute Gasteiger partial charge is 0.318 e. The highest BCUT2D eigenvalue weighted by Gasteiger charge is 2.49. The van der Waals surface area contributed by atoms with E-state index >= 15 is 4.39 Å². The number of aromatic nitrogens is 2. The minimum absolute atomic E-state index is 0.0512. The molecule has 42 heavy (non-hydrogen) atoms. The van der Waals surface area contributed by atoms with Crippen molar-refractivity contribution in [3.05, 3.63) is 52.7 Å². The van der Waals surface area contributed by atoms with Crippen LogP contribution in [0.15, 0.2) is 24.3 Å². The molecular weight excluding hydrogens is 547 g/mol. The minimum atomic E-state index is -0.969. The lowest BCUT2D eigenvalue weighted by Crippen LogP contribution is -2.52. The zero-order valence-corrected chi connectivity index (χ0v) is 23.3. The van der Waals surface area contributed by atoms with Crippen LogP contribution in [-0.4, -0.2) is 76.6 Å². The predicted octanol–water partition coefficient (Wildman–Crippen LogP) is 4.32. The summed E-state index contributed by atoms with van der Waals surface area (Å²) in [5, 5.41) is 14.6. The summed E-state index contributed by atoms with van der Waals surface area (Å²) < 4.78 is 56.4. The Hall–Kier alpha value is -3.15. The molecule has 8 nitrogen and oxygen atoms in total. The van der Waals surface area contributed by atoms with Gasteiger partial charge in [-0.1, -0.05) is 6.07 Å². The first-order valence-corrected chi connectivity index (χ1v) is 15.0. The predicted molar refractivity (Wildman–Crippen MR) is 149 cm³/mol. The van der Waals surface area contributed by atoms with E-state index in [1.165, 1.54) is 18.2 Å². The Morgan fingerprint density at radius 2 is 1.95 bits per heavy atom. The second-order valence-electron chi connectivity index (χ2n) is 12.7. The molecule has 0 aliphatic carbocycles. The van der Waals surface area contributed by atoms with Crippen molar-refractivity contribution in [2.45, 2.75) is 75.0 Å². The van der Waals surface area contributed by atoms with E-state index in [9.17, 15) is 13.9 Å². The molecule has 0 saturated carbocycles. The van der Waals surface area contributed by atoms with Crippen LogP contribution in [0.3, 0.4) is 0 Å². The van der Waals surface area contributed by atoms with Gasteiger partial charge >= 0.3 is 6.01 Å². The summed E-state index contributed by atoms with van der Waals surface area (Å²) in [5.74, 6) is -1.20. The second-order valence-corrected chi connectivity index (χ2v) is 12.7. The van der Waals surface area contributed by atoms with Gasteiger partial charge in [-0.15, -0.1) is 0 Å². The second kappa shape index (κ2) is 9.96. The number of phenolic OH excluding ortho intramolecular Hbond substituents is 1. The average molecular weight is 582 g/mol. The first kappa shape index (κ1) is 26.5. The van der Waals surface area contributed by atoms with Crippen LogP contribution in [0.25, 0.3) is 10.8 Å². The van der Waals surface area contributed by atoms with Crippen molar-refractivity contribution in [3.8, 4) is 11.8 Å². The van der Waals surface area contributed by atoms with Gasteiger partial charge in [0.15, 0.2) is 11.6 Å². The van der Waals surface area contributed by atoms with Crippen molar-refractivity contribution < 1.29 is 27.8 Å². The zero-order chi connectivity index (χ0) is 28.6. The number of phenols is 1. The van der Waals surface area contributed by atoms with E-state index in [0.29, 0.717) is 42.6 Å². The lowest BCUT2D eigenvalue weighted by molar-refractivity contribution is 0.0260. The fraction of sp³-hybridized carbons (Fsp3) is 0.548. The van der Waals surface area contributed by atoms with Crippen molar-refractivity contribution in [2.75, 3.05) is 37.7 Å². The third kappa shape index (κ3) is 4.39. The number of alkyl halides is 1. The Kier molecular flexibility index (Phi) is 6.28. The summed E-state index contributed by atoms with van der Waals surface area (Å²) in [6.07, 6.45) is 3.35. The number of halogens is 3. The van der Waals surface area contributed by atoms with Gasteiger partial charge in [-0.3, -0.25) is 4.90 Å². The molecule has 8 rings (SSSR count). The molecule has 0 spiro atoms. The quantitative estimate of drug-likeness (QED) is 0.461. The summed E-state index contributed by atoms with van der Waals surface area (Å²) >= 11 is 0. The average Bonchev–Trinajstić information content (AvgIpc) is 3.63. The number of hydrogen-bond donors (Lipinski definition) is 2. The van der Waals surface area contributed by atoms with Crippen LogP contribution < -0.4 is 15.0 Å². The first-order valence-electron chi connectivity index (χ1n) is 15.0. The van der Waals surface area contributed by atoms with Crippen molar-refractivity contribution >= 4 is 16.6 Å². The van der Waals surface area contributed by atoms with Gasteiger partial charge in [0, 0.05) is 55.5 Å². The maximum atomic E-state index is 15.1. The number of fused-ring (bicyclic) bond motifs is 5. The molecule has 2 unspecified atom stereocenters. The van der Waals surface area contributed by atoms with Gasteiger partial charge < -0.3 is 24.8 Å². The largest absolute Gasteiger partial charge is 0.508 e. The summed E-state index contributed by atoms with van der Waals surface area (Å²) in [6.45, 7) is 3.44. The van der Waals surface area contributed by atoms with Gasteiger partial charge in [-0.25, -0.2) is 13.2 Å². The van der Waals surface area contributed by atoms with E-state index in [1.54, 1.807) is 0 Å². The highest BCUT2D eigenvalue weighted by molar-refractivity contribution is 5.88. The van der Waals surface area contributed by atoms with Crippen LogP contribution in [0.2, 0.25) is 0 Å². The zero-order valence-electron chi connectivity index (χ0n) is 23.3. The molecule has 5 atom stereocenters. The number of aromatic hydroxyl groups is 1. The van der Waals surface area contributed by atoms with Gasteiger partial charge in [0.1, 0.15) is 24.3 Å². The van der Waals surface area contributed by atoms with Crippen LogP contribution in [-0.2, 0) is 17.8 Å². The number of nitrogens with one attached hydrogen (secondary N) is 1. The Balaban J connectivity index is 1.16. The SMILES string of the molecule is Oc1cc([C@@H]2Cc3nc(OC[C@@]45CCCN4C[C@H](F)C5)nc(N4CC5CCC(C4)N5)c3CO2)c2c(F)c(F)ccc2c1. The number of rotatable bonds is 5. The van der Waals surface area contributed by atoms with Gasteiger partial charge in [-0.2, -0.15) is 9.97 Å². The van der Waals surface area contributed by atoms with Crippen LogP contribution in [0, 0.1) is 11.6 Å². The molecule has 2 aromatic carbocycles. The third-order valence-corrected chi connectivity index (χ3v) is 9.97. The fourth-order valence-electron chi connectivity index (χ4n) is 8.04. The van der Waals surface area contributed by atoms with E-state index < -0.39 is 23.9 Å². The van der Waals surface area contributed by atoms with E-state index in [0.717, 1.165) is 68.5 Å². The number of ether oxygens (including phenoxy) is 2.